The average molecular weight is 293 g/mol. The fourth-order valence-electron chi connectivity index (χ4n) is 1.70. The van der Waals surface area contributed by atoms with Gasteiger partial charge in [-0.05, 0) is 12.1 Å². The van der Waals surface area contributed by atoms with E-state index in [1.165, 1.54) is 18.1 Å². The van der Waals surface area contributed by atoms with Crippen LogP contribution in [0.5, 0.6) is 5.75 Å². The molecule has 0 aliphatic carbocycles. The molecule has 0 spiro atoms. The molecule has 0 unspecified atom stereocenters. The van der Waals surface area contributed by atoms with Crippen molar-refractivity contribution >= 4 is 18.0 Å². The number of carbonyl (C=O) groups is 2. The third-order valence-electron chi connectivity index (χ3n) is 2.75. The second-order valence-electron chi connectivity index (χ2n) is 4.22. The summed E-state index contributed by atoms with van der Waals surface area (Å²) in [5, 5.41) is 8.82. The van der Waals surface area contributed by atoms with E-state index < -0.39 is 5.97 Å². The largest absolute Gasteiger partial charge is 0.496 e. The molecule has 0 bridgehead atoms. The highest BCUT2D eigenvalue weighted by Gasteiger charge is 2.14. The topological polar surface area (TPSA) is 76.1 Å². The number of methoxy groups -OCH3 is 2. The number of hydrogen-bond acceptors (Lipinski definition) is 4. The van der Waals surface area contributed by atoms with Crippen molar-refractivity contribution in [3.63, 3.8) is 0 Å². The maximum absolute atomic E-state index is 12.0. The molecule has 0 saturated heterocycles. The van der Waals surface area contributed by atoms with E-state index in [2.05, 4.69) is 0 Å². The van der Waals surface area contributed by atoms with E-state index in [9.17, 15) is 9.59 Å². The van der Waals surface area contributed by atoms with Gasteiger partial charge in [0.1, 0.15) is 12.3 Å². The van der Waals surface area contributed by atoms with Crippen molar-refractivity contribution in [3.8, 4) is 5.75 Å². The number of carboxylic acids is 1. The fraction of sp³-hybridized carbons (Fsp3) is 0.333. The van der Waals surface area contributed by atoms with E-state index >= 15 is 0 Å². The van der Waals surface area contributed by atoms with Gasteiger partial charge in [0.05, 0.1) is 13.7 Å². The minimum absolute atomic E-state index is 0.220. The summed E-state index contributed by atoms with van der Waals surface area (Å²) in [5.74, 6) is -0.811. The minimum atomic E-state index is -1.06. The van der Waals surface area contributed by atoms with Crippen LogP contribution in [0.2, 0.25) is 0 Å². The number of carboxylic acid groups (broad SMARTS) is 1. The lowest BCUT2D eigenvalue weighted by atomic mass is 10.2. The first-order valence-electron chi connectivity index (χ1n) is 6.39. The van der Waals surface area contributed by atoms with Gasteiger partial charge in [0.15, 0.2) is 0 Å². The molecule has 1 amide bonds. The average Bonchev–Trinajstić information content (AvgIpc) is 2.48. The van der Waals surface area contributed by atoms with Gasteiger partial charge >= 0.3 is 5.97 Å². The molecule has 6 heteroatoms. The second kappa shape index (κ2) is 8.76. The Labute approximate surface area is 123 Å². The zero-order chi connectivity index (χ0) is 15.7. The Kier molecular flexibility index (Phi) is 6.97. The molecule has 21 heavy (non-hydrogen) atoms. The number of hydrogen-bond donors (Lipinski definition) is 1. The lowest BCUT2D eigenvalue weighted by Crippen LogP contribution is -2.36. The van der Waals surface area contributed by atoms with Crippen molar-refractivity contribution in [2.75, 3.05) is 33.9 Å². The molecule has 0 atom stereocenters. The molecule has 1 rings (SSSR count). The Morgan fingerprint density at radius 1 is 1.29 bits per heavy atom. The number of para-hydroxylation sites is 1. The second-order valence-corrected chi connectivity index (χ2v) is 4.22. The number of aliphatic carboxylic acids is 1. The summed E-state index contributed by atoms with van der Waals surface area (Å²) in [6, 6.07) is 7.24. The summed E-state index contributed by atoms with van der Waals surface area (Å²) < 4.78 is 10.0. The van der Waals surface area contributed by atoms with Crippen molar-refractivity contribution < 1.29 is 24.2 Å². The monoisotopic (exact) mass is 293 g/mol. The van der Waals surface area contributed by atoms with E-state index in [4.69, 9.17) is 14.6 Å². The minimum Gasteiger partial charge on any atom is -0.496 e. The molecule has 0 saturated carbocycles. The lowest BCUT2D eigenvalue weighted by molar-refractivity contribution is -0.143. The van der Waals surface area contributed by atoms with E-state index in [1.807, 2.05) is 12.1 Å². The van der Waals surface area contributed by atoms with E-state index in [0.717, 1.165) is 5.56 Å². The van der Waals surface area contributed by atoms with Crippen molar-refractivity contribution in [1.29, 1.82) is 0 Å². The van der Waals surface area contributed by atoms with Crippen LogP contribution in [0.25, 0.3) is 6.08 Å². The summed E-state index contributed by atoms with van der Waals surface area (Å²) in [6.07, 6.45) is 2.93. The lowest BCUT2D eigenvalue weighted by Gasteiger charge is -2.18. The van der Waals surface area contributed by atoms with Gasteiger partial charge in [-0.3, -0.25) is 9.59 Å². The summed E-state index contributed by atoms with van der Waals surface area (Å²) in [5.41, 5.74) is 0.746. The molecular weight excluding hydrogens is 274 g/mol. The van der Waals surface area contributed by atoms with E-state index in [-0.39, 0.29) is 25.6 Å². The van der Waals surface area contributed by atoms with Crippen LogP contribution >= 0.6 is 0 Å². The summed E-state index contributed by atoms with van der Waals surface area (Å²) in [7, 11) is 3.04. The molecule has 1 aromatic carbocycles. The molecule has 0 fully saturated rings. The molecule has 0 aromatic heterocycles. The van der Waals surface area contributed by atoms with Gasteiger partial charge in [-0.1, -0.05) is 18.2 Å². The number of rotatable bonds is 8. The Hall–Kier alpha value is -2.34. The van der Waals surface area contributed by atoms with Gasteiger partial charge in [-0.15, -0.1) is 0 Å². The fourth-order valence-corrected chi connectivity index (χ4v) is 1.70. The smallest absolute Gasteiger partial charge is 0.323 e. The zero-order valence-electron chi connectivity index (χ0n) is 12.1. The van der Waals surface area contributed by atoms with Crippen LogP contribution in [0.15, 0.2) is 30.3 Å². The van der Waals surface area contributed by atoms with Gasteiger partial charge in [0.25, 0.3) is 0 Å². The highest BCUT2D eigenvalue weighted by atomic mass is 16.5. The van der Waals surface area contributed by atoms with Crippen molar-refractivity contribution in [3.05, 3.63) is 35.9 Å². The maximum atomic E-state index is 12.0. The molecule has 114 valence electrons. The third-order valence-corrected chi connectivity index (χ3v) is 2.75. The van der Waals surface area contributed by atoms with E-state index in [0.29, 0.717) is 5.75 Å². The Morgan fingerprint density at radius 2 is 2.00 bits per heavy atom. The van der Waals surface area contributed by atoms with Crippen LogP contribution in [0.1, 0.15) is 5.56 Å². The maximum Gasteiger partial charge on any atom is 0.323 e. The molecule has 1 aromatic rings. The molecule has 0 aliphatic rings. The van der Waals surface area contributed by atoms with Gasteiger partial charge < -0.3 is 19.5 Å². The number of amides is 1. The normalized spacial score (nSPS) is 10.6. The van der Waals surface area contributed by atoms with Crippen molar-refractivity contribution in [1.82, 2.24) is 4.90 Å². The summed E-state index contributed by atoms with van der Waals surface area (Å²) in [4.78, 5) is 24.0. The molecule has 1 N–H and O–H groups in total. The van der Waals surface area contributed by atoms with Gasteiger partial charge in [0, 0.05) is 25.3 Å². The predicted octanol–water partition coefficient (Wildman–Crippen LogP) is 1.27. The Balaban J connectivity index is 2.79. The van der Waals surface area contributed by atoms with Gasteiger partial charge in [-0.25, -0.2) is 0 Å². The highest BCUT2D eigenvalue weighted by molar-refractivity contribution is 5.93. The number of nitrogens with zero attached hydrogens (tertiary/aromatic N) is 1. The molecule has 0 radical (unpaired) electrons. The summed E-state index contributed by atoms with van der Waals surface area (Å²) >= 11 is 0. The number of benzene rings is 1. The van der Waals surface area contributed by atoms with Crippen LogP contribution < -0.4 is 4.74 Å². The standard InChI is InChI=1S/C15H19NO5/c1-20-10-9-16(11-15(18)19)14(17)8-7-12-5-3-4-6-13(12)21-2/h3-8H,9-11H2,1-2H3,(H,18,19). The predicted molar refractivity (Wildman–Crippen MR) is 78.1 cm³/mol. The van der Waals surface area contributed by atoms with Crippen LogP contribution in [0.3, 0.4) is 0 Å². The Bertz CT molecular complexity index is 513. The van der Waals surface area contributed by atoms with Crippen LogP contribution in [-0.4, -0.2) is 55.8 Å². The first-order chi connectivity index (χ1) is 10.1. The third kappa shape index (κ3) is 5.66. The quantitative estimate of drug-likeness (QED) is 0.730. The zero-order valence-corrected chi connectivity index (χ0v) is 12.1. The molecule has 0 heterocycles. The first kappa shape index (κ1) is 16.7. The van der Waals surface area contributed by atoms with Crippen molar-refractivity contribution in [2.45, 2.75) is 0 Å². The van der Waals surface area contributed by atoms with Crippen LogP contribution in [-0.2, 0) is 14.3 Å². The molecule has 0 aliphatic heterocycles. The first-order valence-corrected chi connectivity index (χ1v) is 6.39. The number of ether oxygens (including phenoxy) is 2. The molecular formula is C15H19NO5. The van der Waals surface area contributed by atoms with Crippen LogP contribution in [0, 0.1) is 0 Å². The molecule has 6 nitrogen and oxygen atoms in total. The van der Waals surface area contributed by atoms with Gasteiger partial charge in [-0.2, -0.15) is 0 Å². The van der Waals surface area contributed by atoms with Crippen molar-refractivity contribution in [2.24, 2.45) is 0 Å². The summed E-state index contributed by atoms with van der Waals surface area (Å²) in [6.45, 7) is 0.137. The SMILES string of the molecule is COCCN(CC(=O)O)C(=O)C=Cc1ccccc1OC. The number of carbonyl (C=O) groups excluding carboxylic acids is 1. The van der Waals surface area contributed by atoms with E-state index in [1.54, 1.807) is 25.3 Å². The highest BCUT2D eigenvalue weighted by Crippen LogP contribution is 2.18. The Morgan fingerprint density at radius 3 is 2.62 bits per heavy atom. The van der Waals surface area contributed by atoms with Crippen LogP contribution in [0.4, 0.5) is 0 Å². The van der Waals surface area contributed by atoms with Gasteiger partial charge in [0.2, 0.25) is 5.91 Å².